The second-order valence-electron chi connectivity index (χ2n) is 8.44. The Morgan fingerprint density at radius 1 is 1.39 bits per heavy atom. The summed E-state index contributed by atoms with van der Waals surface area (Å²) in [4.78, 5) is 27.3. The number of methoxy groups -OCH3 is 1. The van der Waals surface area contributed by atoms with Gasteiger partial charge in [0, 0.05) is 17.8 Å². The predicted octanol–water partition coefficient (Wildman–Crippen LogP) is 1.31. The van der Waals surface area contributed by atoms with Crippen LogP contribution < -0.4 is 20.7 Å². The van der Waals surface area contributed by atoms with Crippen LogP contribution in [0.2, 0.25) is 5.02 Å². The van der Waals surface area contributed by atoms with Gasteiger partial charge in [-0.1, -0.05) is 16.8 Å². The van der Waals surface area contributed by atoms with Crippen molar-refractivity contribution in [2.75, 3.05) is 36.2 Å². The average Bonchev–Trinajstić information content (AvgIpc) is 3.46. The molecule has 4 aromatic rings. The van der Waals surface area contributed by atoms with E-state index in [-0.39, 0.29) is 47.0 Å². The van der Waals surface area contributed by atoms with Crippen molar-refractivity contribution >= 4 is 51.7 Å². The van der Waals surface area contributed by atoms with E-state index in [9.17, 15) is 19.1 Å². The van der Waals surface area contributed by atoms with Crippen LogP contribution in [0.1, 0.15) is 6.92 Å². The molecule has 0 bridgehead atoms. The van der Waals surface area contributed by atoms with Crippen LogP contribution in [-0.4, -0.2) is 74.0 Å². The molecular formula is C22H20ClFN8O6. The molecule has 1 unspecified atom stereocenters. The maximum atomic E-state index is 14.9. The highest BCUT2D eigenvalue weighted by atomic mass is 35.5. The summed E-state index contributed by atoms with van der Waals surface area (Å²) < 4.78 is 31.6. The zero-order valence-corrected chi connectivity index (χ0v) is 20.6. The molecule has 16 heteroatoms. The minimum absolute atomic E-state index is 0.0714. The van der Waals surface area contributed by atoms with E-state index in [2.05, 4.69) is 25.8 Å². The Morgan fingerprint density at radius 3 is 2.95 bits per heavy atom. The van der Waals surface area contributed by atoms with Crippen molar-refractivity contribution < 1.29 is 33.1 Å². The summed E-state index contributed by atoms with van der Waals surface area (Å²) in [6.45, 7) is 0.925. The number of ether oxygens (including phenoxy) is 2. The molecule has 1 fully saturated rings. The number of amides is 2. The van der Waals surface area contributed by atoms with Crippen LogP contribution in [0.25, 0.3) is 16.7 Å². The number of anilines is 3. The molecule has 3 aromatic heterocycles. The molecule has 2 amide bonds. The van der Waals surface area contributed by atoms with Gasteiger partial charge in [-0.25, -0.2) is 9.07 Å². The molecule has 0 radical (unpaired) electrons. The van der Waals surface area contributed by atoms with Crippen LogP contribution in [0.5, 0.6) is 5.88 Å². The summed E-state index contributed by atoms with van der Waals surface area (Å²) in [7, 11) is 1.40. The lowest BCUT2D eigenvalue weighted by Crippen LogP contribution is -2.61. The van der Waals surface area contributed by atoms with Crippen molar-refractivity contribution in [1.29, 1.82) is 0 Å². The van der Waals surface area contributed by atoms with Gasteiger partial charge in [-0.15, -0.1) is 10.2 Å². The van der Waals surface area contributed by atoms with E-state index in [0.29, 0.717) is 11.1 Å². The zero-order chi connectivity index (χ0) is 27.2. The SMILES string of the molecule is COc1cc(-n2cc(F)c(N3CCO[C@H](C(C)(O)C(=O)Nc4cc(Cl)c5c(N)noc5c4)C3=O)n2)cnn1. The first-order chi connectivity index (χ1) is 18.1. The fraction of sp³-hybridized carbons (Fsp3) is 0.273. The summed E-state index contributed by atoms with van der Waals surface area (Å²) in [5.74, 6) is -2.76. The maximum absolute atomic E-state index is 14.9. The highest BCUT2D eigenvalue weighted by Gasteiger charge is 2.49. The number of nitrogens with two attached hydrogens (primary N) is 1. The summed E-state index contributed by atoms with van der Waals surface area (Å²) in [5, 5.41) is 29.3. The van der Waals surface area contributed by atoms with E-state index in [1.54, 1.807) is 0 Å². The number of nitrogen functional groups attached to an aromatic ring is 1. The van der Waals surface area contributed by atoms with E-state index in [1.165, 1.54) is 31.5 Å². The number of aliphatic hydroxyl groups is 1. The standard InChI is InChI=1S/C22H20ClFN8O6/c1-22(35,21(34)27-10-5-12(23)16-14(6-10)38-30-18(16)25)17-20(33)31(3-4-37-17)19-13(24)9-32(29-19)11-7-15(36-2)28-26-8-11/h5-9,17,35H,3-4H2,1-2H3,(H2,25,30)(H,27,34)/t17-,22?/m0/s1. The number of benzene rings is 1. The molecule has 14 nitrogen and oxygen atoms in total. The lowest BCUT2D eigenvalue weighted by molar-refractivity contribution is -0.165. The van der Waals surface area contributed by atoms with Crippen LogP contribution >= 0.6 is 11.6 Å². The topological polar surface area (TPSA) is 184 Å². The Morgan fingerprint density at radius 2 is 2.18 bits per heavy atom. The molecule has 198 valence electrons. The fourth-order valence-electron chi connectivity index (χ4n) is 3.91. The molecule has 0 spiro atoms. The summed E-state index contributed by atoms with van der Waals surface area (Å²) in [6, 6.07) is 4.25. The molecule has 1 aliphatic rings. The Kier molecular flexibility index (Phi) is 6.34. The molecule has 4 heterocycles. The van der Waals surface area contributed by atoms with E-state index in [1.807, 2.05) is 0 Å². The lowest BCUT2D eigenvalue weighted by atomic mass is 9.95. The van der Waals surface area contributed by atoms with Gasteiger partial charge >= 0.3 is 0 Å². The minimum atomic E-state index is -2.38. The van der Waals surface area contributed by atoms with Crippen LogP contribution in [0, 0.1) is 5.82 Å². The molecule has 1 aromatic carbocycles. The predicted molar refractivity (Wildman–Crippen MR) is 130 cm³/mol. The number of nitrogens with one attached hydrogen (secondary N) is 1. The van der Waals surface area contributed by atoms with Crippen molar-refractivity contribution in [3.05, 3.63) is 41.4 Å². The van der Waals surface area contributed by atoms with Crippen molar-refractivity contribution in [2.45, 2.75) is 18.6 Å². The number of hydrogen-bond donors (Lipinski definition) is 3. The fourth-order valence-corrected chi connectivity index (χ4v) is 4.22. The van der Waals surface area contributed by atoms with Gasteiger partial charge in [0.15, 0.2) is 34.7 Å². The van der Waals surface area contributed by atoms with Gasteiger partial charge in [0.25, 0.3) is 11.8 Å². The Bertz CT molecular complexity index is 1560. The molecule has 2 atom stereocenters. The molecule has 1 aliphatic heterocycles. The van der Waals surface area contributed by atoms with Gasteiger partial charge in [0.2, 0.25) is 5.88 Å². The quantitative estimate of drug-likeness (QED) is 0.317. The second-order valence-corrected chi connectivity index (χ2v) is 8.85. The largest absolute Gasteiger partial charge is 0.480 e. The van der Waals surface area contributed by atoms with Gasteiger partial charge in [-0.3, -0.25) is 14.5 Å². The monoisotopic (exact) mass is 546 g/mol. The Balaban J connectivity index is 1.38. The van der Waals surface area contributed by atoms with Gasteiger partial charge in [-0.05, 0) is 13.0 Å². The second kappa shape index (κ2) is 9.51. The third-order valence-corrected chi connectivity index (χ3v) is 6.17. The van der Waals surface area contributed by atoms with Gasteiger partial charge < -0.3 is 30.2 Å². The number of fused-ring (bicyclic) bond motifs is 1. The number of morpholine rings is 1. The molecule has 0 saturated carbocycles. The van der Waals surface area contributed by atoms with Gasteiger partial charge in [0.1, 0.15) is 0 Å². The third kappa shape index (κ3) is 4.36. The van der Waals surface area contributed by atoms with Crippen molar-refractivity contribution in [3.8, 4) is 11.6 Å². The van der Waals surface area contributed by atoms with Crippen LogP contribution in [-0.2, 0) is 14.3 Å². The van der Waals surface area contributed by atoms with Crippen LogP contribution in [0.4, 0.5) is 21.7 Å². The normalized spacial score (nSPS) is 17.4. The van der Waals surface area contributed by atoms with Crippen molar-refractivity contribution in [1.82, 2.24) is 25.1 Å². The smallest absolute Gasteiger partial charge is 0.261 e. The lowest BCUT2D eigenvalue weighted by Gasteiger charge is -2.37. The molecule has 5 rings (SSSR count). The first-order valence-corrected chi connectivity index (χ1v) is 11.4. The molecule has 0 aliphatic carbocycles. The van der Waals surface area contributed by atoms with E-state index >= 15 is 0 Å². The third-order valence-electron chi connectivity index (χ3n) is 5.87. The molecule has 1 saturated heterocycles. The molecule has 4 N–H and O–H groups in total. The summed E-state index contributed by atoms with van der Waals surface area (Å²) >= 11 is 6.21. The summed E-state index contributed by atoms with van der Waals surface area (Å²) in [6.07, 6.45) is 0.697. The number of nitrogens with zero attached hydrogens (tertiary/aromatic N) is 6. The van der Waals surface area contributed by atoms with Crippen molar-refractivity contribution in [2.24, 2.45) is 0 Å². The van der Waals surface area contributed by atoms with E-state index in [4.69, 9.17) is 31.3 Å². The minimum Gasteiger partial charge on any atom is -0.480 e. The first kappa shape index (κ1) is 25.3. The highest BCUT2D eigenvalue weighted by molar-refractivity contribution is 6.36. The number of carbonyl (C=O) groups is 2. The van der Waals surface area contributed by atoms with Gasteiger partial charge in [0.05, 0.1) is 48.8 Å². The number of aromatic nitrogens is 5. The van der Waals surface area contributed by atoms with Gasteiger partial charge in [-0.2, -0.15) is 5.10 Å². The van der Waals surface area contributed by atoms with Crippen molar-refractivity contribution in [3.63, 3.8) is 0 Å². The number of halogens is 2. The number of carbonyl (C=O) groups excluding carboxylic acids is 2. The number of hydrogen-bond acceptors (Lipinski definition) is 11. The van der Waals surface area contributed by atoms with E-state index < -0.39 is 29.3 Å². The zero-order valence-electron chi connectivity index (χ0n) is 19.9. The van der Waals surface area contributed by atoms with Crippen LogP contribution in [0.15, 0.2) is 35.1 Å². The molecule has 38 heavy (non-hydrogen) atoms. The maximum Gasteiger partial charge on any atom is 0.261 e. The molecular weight excluding hydrogens is 527 g/mol. The highest BCUT2D eigenvalue weighted by Crippen LogP contribution is 2.33. The Labute approximate surface area is 218 Å². The summed E-state index contributed by atoms with van der Waals surface area (Å²) in [5.41, 5.74) is 4.01. The Hall–Kier alpha value is -4.34. The first-order valence-electron chi connectivity index (χ1n) is 11.0. The average molecular weight is 547 g/mol. The van der Waals surface area contributed by atoms with Crippen LogP contribution in [0.3, 0.4) is 0 Å². The number of rotatable bonds is 6. The van der Waals surface area contributed by atoms with E-state index in [0.717, 1.165) is 22.7 Å².